The van der Waals surface area contributed by atoms with Gasteiger partial charge in [-0.05, 0) is 34.8 Å². The minimum absolute atomic E-state index is 0.648. The fraction of sp³-hybridized carbons (Fsp3) is 0.467. The summed E-state index contributed by atoms with van der Waals surface area (Å²) in [5, 5.41) is 4.90. The van der Waals surface area contributed by atoms with E-state index in [0.717, 1.165) is 13.1 Å². The van der Waals surface area contributed by atoms with Crippen molar-refractivity contribution >= 4 is 26.8 Å². The summed E-state index contributed by atoms with van der Waals surface area (Å²) < 4.78 is 3.50. The number of aromatic nitrogens is 1. The second kappa shape index (κ2) is 6.39. The second-order valence-corrected chi connectivity index (χ2v) is 5.51. The molecule has 98 valence electrons. The summed E-state index contributed by atoms with van der Waals surface area (Å²) in [4.78, 5) is 0. The first-order valence-corrected chi connectivity index (χ1v) is 7.52. The largest absolute Gasteiger partial charge is 0.345 e. The van der Waals surface area contributed by atoms with Crippen molar-refractivity contribution in [1.82, 2.24) is 9.88 Å². The third-order valence-corrected chi connectivity index (χ3v) is 4.14. The van der Waals surface area contributed by atoms with Crippen LogP contribution in [0.25, 0.3) is 10.9 Å². The van der Waals surface area contributed by atoms with Gasteiger partial charge in [0, 0.05) is 40.7 Å². The van der Waals surface area contributed by atoms with Crippen LogP contribution in [0.3, 0.4) is 0 Å². The minimum Gasteiger partial charge on any atom is -0.345 e. The minimum atomic E-state index is 0.648. The molecule has 2 aromatic rings. The summed E-state index contributed by atoms with van der Waals surface area (Å²) in [5.41, 5.74) is 1.30. The SMILES string of the molecule is CCC(CC)NCCn1cc(Br)c2ccccc21. The van der Waals surface area contributed by atoms with Crippen molar-refractivity contribution in [3.63, 3.8) is 0 Å². The molecule has 0 aliphatic carbocycles. The predicted molar refractivity (Wildman–Crippen MR) is 82.0 cm³/mol. The lowest BCUT2D eigenvalue weighted by atomic mass is 10.2. The molecule has 3 heteroatoms. The molecule has 0 aliphatic rings. The smallest absolute Gasteiger partial charge is 0.0492 e. The number of rotatable bonds is 6. The summed E-state index contributed by atoms with van der Waals surface area (Å²) in [7, 11) is 0. The van der Waals surface area contributed by atoms with Crippen molar-refractivity contribution in [2.45, 2.75) is 39.3 Å². The van der Waals surface area contributed by atoms with Gasteiger partial charge in [-0.1, -0.05) is 32.0 Å². The molecule has 1 aromatic carbocycles. The zero-order valence-electron chi connectivity index (χ0n) is 11.1. The highest BCUT2D eigenvalue weighted by Crippen LogP contribution is 2.25. The Hall–Kier alpha value is -0.800. The maximum atomic E-state index is 3.62. The summed E-state index contributed by atoms with van der Waals surface area (Å²) in [6.07, 6.45) is 4.58. The monoisotopic (exact) mass is 308 g/mol. The quantitative estimate of drug-likeness (QED) is 0.847. The molecular formula is C15H21BrN2. The van der Waals surface area contributed by atoms with Gasteiger partial charge in [0.2, 0.25) is 0 Å². The van der Waals surface area contributed by atoms with Crippen LogP contribution in [0.5, 0.6) is 0 Å². The number of halogens is 1. The maximum absolute atomic E-state index is 3.62. The van der Waals surface area contributed by atoms with E-state index in [4.69, 9.17) is 0 Å². The van der Waals surface area contributed by atoms with Crippen LogP contribution in [0.1, 0.15) is 26.7 Å². The topological polar surface area (TPSA) is 17.0 Å². The molecule has 2 nitrogen and oxygen atoms in total. The lowest BCUT2D eigenvalue weighted by Crippen LogP contribution is -2.30. The van der Waals surface area contributed by atoms with Crippen LogP contribution in [0.2, 0.25) is 0 Å². The van der Waals surface area contributed by atoms with Gasteiger partial charge in [-0.15, -0.1) is 0 Å². The van der Waals surface area contributed by atoms with E-state index >= 15 is 0 Å². The van der Waals surface area contributed by atoms with E-state index in [-0.39, 0.29) is 0 Å². The van der Waals surface area contributed by atoms with Gasteiger partial charge in [-0.25, -0.2) is 0 Å². The first-order chi connectivity index (χ1) is 8.76. The van der Waals surface area contributed by atoms with Crippen LogP contribution in [0.15, 0.2) is 34.9 Å². The van der Waals surface area contributed by atoms with E-state index in [1.165, 1.54) is 28.2 Å². The predicted octanol–water partition coefficient (Wildman–Crippen LogP) is 4.18. The summed E-state index contributed by atoms with van der Waals surface area (Å²) in [6, 6.07) is 9.16. The van der Waals surface area contributed by atoms with E-state index in [1.807, 2.05) is 0 Å². The van der Waals surface area contributed by atoms with Crippen LogP contribution in [-0.2, 0) is 6.54 Å². The van der Waals surface area contributed by atoms with Gasteiger partial charge in [0.1, 0.15) is 0 Å². The van der Waals surface area contributed by atoms with Crippen molar-refractivity contribution in [1.29, 1.82) is 0 Å². The normalized spacial score (nSPS) is 11.6. The molecule has 0 fully saturated rings. The van der Waals surface area contributed by atoms with E-state index < -0.39 is 0 Å². The third kappa shape index (κ3) is 2.96. The van der Waals surface area contributed by atoms with Crippen LogP contribution >= 0.6 is 15.9 Å². The fourth-order valence-electron chi connectivity index (χ4n) is 2.35. The molecule has 1 aromatic heterocycles. The molecule has 18 heavy (non-hydrogen) atoms. The Kier molecular flexibility index (Phi) is 4.84. The zero-order chi connectivity index (χ0) is 13.0. The molecular weight excluding hydrogens is 288 g/mol. The lowest BCUT2D eigenvalue weighted by molar-refractivity contribution is 0.468. The van der Waals surface area contributed by atoms with Gasteiger partial charge in [0.25, 0.3) is 0 Å². The first-order valence-electron chi connectivity index (χ1n) is 6.73. The average molecular weight is 309 g/mol. The number of nitrogens with one attached hydrogen (secondary N) is 1. The molecule has 0 unspecified atom stereocenters. The van der Waals surface area contributed by atoms with E-state index in [9.17, 15) is 0 Å². The Morgan fingerprint density at radius 2 is 1.94 bits per heavy atom. The number of fused-ring (bicyclic) bond motifs is 1. The van der Waals surface area contributed by atoms with Crippen LogP contribution < -0.4 is 5.32 Å². The lowest BCUT2D eigenvalue weighted by Gasteiger charge is -2.15. The summed E-state index contributed by atoms with van der Waals surface area (Å²) >= 11 is 3.62. The zero-order valence-corrected chi connectivity index (χ0v) is 12.7. The summed E-state index contributed by atoms with van der Waals surface area (Å²) in [5.74, 6) is 0. The molecule has 1 heterocycles. The van der Waals surface area contributed by atoms with Gasteiger partial charge in [0.15, 0.2) is 0 Å². The number of hydrogen-bond donors (Lipinski definition) is 1. The van der Waals surface area contributed by atoms with Gasteiger partial charge in [-0.3, -0.25) is 0 Å². The van der Waals surface area contributed by atoms with Crippen LogP contribution in [-0.4, -0.2) is 17.2 Å². The van der Waals surface area contributed by atoms with Crippen molar-refractivity contribution < 1.29 is 0 Å². The van der Waals surface area contributed by atoms with E-state index in [2.05, 4.69) is 70.1 Å². The van der Waals surface area contributed by atoms with Crippen molar-refractivity contribution in [2.24, 2.45) is 0 Å². The average Bonchev–Trinajstić information content (AvgIpc) is 2.72. The first kappa shape index (κ1) is 13.6. The maximum Gasteiger partial charge on any atom is 0.0492 e. The highest BCUT2D eigenvalue weighted by Gasteiger charge is 2.06. The van der Waals surface area contributed by atoms with E-state index in [1.54, 1.807) is 0 Å². The van der Waals surface area contributed by atoms with Crippen molar-refractivity contribution in [3.8, 4) is 0 Å². The highest BCUT2D eigenvalue weighted by atomic mass is 79.9. The molecule has 0 bridgehead atoms. The van der Waals surface area contributed by atoms with Crippen molar-refractivity contribution in [3.05, 3.63) is 34.9 Å². The number of benzene rings is 1. The fourth-order valence-corrected chi connectivity index (χ4v) is 2.94. The number of nitrogens with zero attached hydrogens (tertiary/aromatic N) is 1. The molecule has 0 amide bonds. The Labute approximate surface area is 118 Å². The molecule has 0 saturated carbocycles. The third-order valence-electron chi connectivity index (χ3n) is 3.51. The van der Waals surface area contributed by atoms with Gasteiger partial charge in [0.05, 0.1) is 0 Å². The van der Waals surface area contributed by atoms with Crippen molar-refractivity contribution in [2.75, 3.05) is 6.54 Å². The Morgan fingerprint density at radius 3 is 2.67 bits per heavy atom. The molecule has 1 N–H and O–H groups in total. The number of hydrogen-bond acceptors (Lipinski definition) is 1. The van der Waals surface area contributed by atoms with Gasteiger partial charge >= 0.3 is 0 Å². The highest BCUT2D eigenvalue weighted by molar-refractivity contribution is 9.10. The second-order valence-electron chi connectivity index (χ2n) is 4.66. The van der Waals surface area contributed by atoms with Gasteiger partial charge < -0.3 is 9.88 Å². The van der Waals surface area contributed by atoms with E-state index in [0.29, 0.717) is 6.04 Å². The van der Waals surface area contributed by atoms with Crippen LogP contribution in [0.4, 0.5) is 0 Å². The molecule has 2 rings (SSSR count). The van der Waals surface area contributed by atoms with Crippen LogP contribution in [0, 0.1) is 0 Å². The molecule has 0 atom stereocenters. The molecule has 0 spiro atoms. The molecule has 0 radical (unpaired) electrons. The Morgan fingerprint density at radius 1 is 1.22 bits per heavy atom. The molecule has 0 saturated heterocycles. The Balaban J connectivity index is 2.04. The number of para-hydroxylation sites is 1. The standard InChI is InChI=1S/C15H21BrN2/c1-3-12(4-2)17-9-10-18-11-14(16)13-7-5-6-8-15(13)18/h5-8,11-12,17H,3-4,9-10H2,1-2H3. The Bertz CT molecular complexity index is 500. The molecule has 0 aliphatic heterocycles. The van der Waals surface area contributed by atoms with Gasteiger partial charge in [-0.2, -0.15) is 0 Å². The summed E-state index contributed by atoms with van der Waals surface area (Å²) in [6.45, 7) is 6.52.